The zero-order chi connectivity index (χ0) is 35.5. The zero-order valence-corrected chi connectivity index (χ0v) is 32.3. The van der Waals surface area contributed by atoms with Gasteiger partial charge in [-0.05, 0) is 25.0 Å². The van der Waals surface area contributed by atoms with E-state index >= 15 is 0 Å². The lowest BCUT2D eigenvalue weighted by molar-refractivity contribution is 0.0972. The fourth-order valence-electron chi connectivity index (χ4n) is 7.38. The Morgan fingerprint density at radius 2 is 0.620 bits per heavy atom. The van der Waals surface area contributed by atoms with Gasteiger partial charge in [-0.2, -0.15) is 0 Å². The van der Waals surface area contributed by atoms with Gasteiger partial charge in [0.25, 0.3) is 0 Å². The molecule has 0 N–H and O–H groups in total. The first-order chi connectivity index (χ1) is 24.7. The molecule has 0 amide bonds. The Morgan fingerprint density at radius 1 is 0.360 bits per heavy atom. The molecule has 4 nitrogen and oxygen atoms in total. The summed E-state index contributed by atoms with van der Waals surface area (Å²) in [5.74, 6) is 0.756. The van der Waals surface area contributed by atoms with Gasteiger partial charge in [-0.1, -0.05) is 205 Å². The van der Waals surface area contributed by atoms with Gasteiger partial charge in [-0.15, -0.1) is 0 Å². The molecular weight excluding hydrogens is 617 g/mol. The predicted octanol–water partition coefficient (Wildman–Crippen LogP) is 14.2. The number of carbonyl (C=O) groups is 2. The smallest absolute Gasteiger partial charge is 0.198 e. The number of ether oxygens (including phenoxy) is 2. The molecule has 2 aromatic rings. The molecule has 0 bridgehead atoms. The summed E-state index contributed by atoms with van der Waals surface area (Å²) in [5, 5.41) is 0. The Hall–Kier alpha value is -2.62. The molecule has 3 rings (SSSR count). The predicted molar refractivity (Wildman–Crippen MR) is 211 cm³/mol. The number of hydrogen-bond donors (Lipinski definition) is 0. The van der Waals surface area contributed by atoms with Gasteiger partial charge in [0.05, 0.1) is 24.3 Å². The molecule has 50 heavy (non-hydrogen) atoms. The van der Waals surface area contributed by atoms with Crippen LogP contribution in [0.4, 0.5) is 0 Å². The summed E-state index contributed by atoms with van der Waals surface area (Å²) in [6.45, 7) is 5.68. The molecule has 0 atom stereocenters. The number of hydrogen-bond acceptors (Lipinski definition) is 4. The molecule has 0 unspecified atom stereocenters. The Balaban J connectivity index is 1.30. The highest BCUT2D eigenvalue weighted by atomic mass is 16.5. The summed E-state index contributed by atoms with van der Waals surface area (Å²) >= 11 is 0. The molecule has 1 aliphatic rings. The van der Waals surface area contributed by atoms with E-state index in [-0.39, 0.29) is 11.6 Å². The number of benzene rings is 2. The fourth-order valence-corrected chi connectivity index (χ4v) is 7.38. The van der Waals surface area contributed by atoms with Crippen molar-refractivity contribution in [3.8, 4) is 11.5 Å². The van der Waals surface area contributed by atoms with Gasteiger partial charge in [0.1, 0.15) is 11.5 Å². The van der Waals surface area contributed by atoms with E-state index in [4.69, 9.17) is 9.47 Å². The van der Waals surface area contributed by atoms with E-state index in [2.05, 4.69) is 13.8 Å². The van der Waals surface area contributed by atoms with E-state index in [1.54, 1.807) is 12.1 Å². The van der Waals surface area contributed by atoms with Crippen LogP contribution in [0.15, 0.2) is 36.4 Å². The van der Waals surface area contributed by atoms with Crippen molar-refractivity contribution in [2.75, 3.05) is 13.2 Å². The van der Waals surface area contributed by atoms with Crippen LogP contribution in [-0.4, -0.2) is 24.8 Å². The van der Waals surface area contributed by atoms with Crippen LogP contribution in [0.25, 0.3) is 0 Å². The van der Waals surface area contributed by atoms with Gasteiger partial charge < -0.3 is 9.47 Å². The van der Waals surface area contributed by atoms with E-state index in [0.717, 1.165) is 25.7 Å². The lowest BCUT2D eigenvalue weighted by atomic mass is 9.83. The maximum absolute atomic E-state index is 13.7. The van der Waals surface area contributed by atoms with Crippen molar-refractivity contribution in [3.63, 3.8) is 0 Å². The largest absolute Gasteiger partial charge is 0.493 e. The second kappa shape index (κ2) is 27.1. The van der Waals surface area contributed by atoms with Gasteiger partial charge in [-0.25, -0.2) is 0 Å². The minimum absolute atomic E-state index is 0.145. The molecule has 0 spiro atoms. The number of fused-ring (bicyclic) bond motifs is 2. The van der Waals surface area contributed by atoms with E-state index in [1.165, 1.54) is 154 Å². The Kier molecular flexibility index (Phi) is 22.6. The lowest BCUT2D eigenvalue weighted by Crippen LogP contribution is -2.23. The minimum atomic E-state index is -0.145. The van der Waals surface area contributed by atoms with Crippen molar-refractivity contribution >= 4 is 11.6 Å². The zero-order valence-electron chi connectivity index (χ0n) is 32.3. The Bertz CT molecular complexity index is 1110. The molecule has 0 saturated carbocycles. The van der Waals surface area contributed by atoms with Crippen molar-refractivity contribution in [1.82, 2.24) is 0 Å². The van der Waals surface area contributed by atoms with Crippen molar-refractivity contribution in [1.29, 1.82) is 0 Å². The molecule has 0 saturated heterocycles. The van der Waals surface area contributed by atoms with Gasteiger partial charge in [-0.3, -0.25) is 9.59 Å². The third-order valence-electron chi connectivity index (χ3n) is 10.5. The van der Waals surface area contributed by atoms with E-state index in [0.29, 0.717) is 47.0 Å². The van der Waals surface area contributed by atoms with Crippen molar-refractivity contribution in [2.45, 2.75) is 194 Å². The molecule has 280 valence electrons. The summed E-state index contributed by atoms with van der Waals surface area (Å²) in [7, 11) is 0. The normalized spacial score (nSPS) is 12.3. The first kappa shape index (κ1) is 41.8. The molecule has 0 heterocycles. The molecule has 2 aromatic carbocycles. The van der Waals surface area contributed by atoms with Crippen molar-refractivity contribution in [3.05, 3.63) is 58.7 Å². The van der Waals surface area contributed by atoms with Crippen LogP contribution in [-0.2, 0) is 0 Å². The molecule has 4 heteroatoms. The number of carbonyl (C=O) groups excluding carboxylic acids is 2. The average molecular weight is 689 g/mol. The standard InChI is InChI=1S/C46H72O4/c1-3-5-7-9-11-13-15-17-19-21-23-25-27-29-37-49-41-35-31-33-39-43(41)45(47)40-34-32-36-42(44(40)46(39)48)50-38-30-28-26-24-22-20-18-16-14-12-10-8-6-4-2/h31-36H,3-30,37-38H2,1-2H3. The highest BCUT2D eigenvalue weighted by molar-refractivity contribution is 6.30. The topological polar surface area (TPSA) is 52.6 Å². The first-order valence-corrected chi connectivity index (χ1v) is 21.3. The molecule has 0 fully saturated rings. The third-order valence-corrected chi connectivity index (χ3v) is 10.5. The van der Waals surface area contributed by atoms with Crippen molar-refractivity contribution in [2.24, 2.45) is 0 Å². The average Bonchev–Trinajstić information content (AvgIpc) is 3.13. The fraction of sp³-hybridized carbons (Fsp3) is 0.696. The van der Waals surface area contributed by atoms with Crippen LogP contribution < -0.4 is 9.47 Å². The minimum Gasteiger partial charge on any atom is -0.493 e. The summed E-state index contributed by atoms with van der Waals surface area (Å²) in [5.41, 5.74) is 1.65. The van der Waals surface area contributed by atoms with Crippen LogP contribution >= 0.6 is 0 Å². The van der Waals surface area contributed by atoms with Crippen LogP contribution in [0, 0.1) is 0 Å². The maximum atomic E-state index is 13.7. The lowest BCUT2D eigenvalue weighted by Gasteiger charge is -2.22. The first-order valence-electron chi connectivity index (χ1n) is 21.3. The highest BCUT2D eigenvalue weighted by Crippen LogP contribution is 2.37. The highest BCUT2D eigenvalue weighted by Gasteiger charge is 2.34. The molecule has 1 aliphatic carbocycles. The number of ketones is 2. The van der Waals surface area contributed by atoms with Gasteiger partial charge in [0, 0.05) is 11.1 Å². The van der Waals surface area contributed by atoms with Crippen LogP contribution in [0.5, 0.6) is 11.5 Å². The van der Waals surface area contributed by atoms with Crippen LogP contribution in [0.2, 0.25) is 0 Å². The number of unbranched alkanes of at least 4 members (excludes halogenated alkanes) is 26. The van der Waals surface area contributed by atoms with E-state index < -0.39 is 0 Å². The Labute approximate surface area is 306 Å². The molecule has 0 radical (unpaired) electrons. The van der Waals surface area contributed by atoms with E-state index in [1.807, 2.05) is 24.3 Å². The maximum Gasteiger partial charge on any atom is 0.198 e. The van der Waals surface area contributed by atoms with Gasteiger partial charge >= 0.3 is 0 Å². The van der Waals surface area contributed by atoms with Crippen LogP contribution in [0.3, 0.4) is 0 Å². The van der Waals surface area contributed by atoms with Crippen LogP contribution in [0.1, 0.15) is 225 Å². The van der Waals surface area contributed by atoms with Crippen molar-refractivity contribution < 1.29 is 19.1 Å². The van der Waals surface area contributed by atoms with Gasteiger partial charge in [0.2, 0.25) is 0 Å². The summed E-state index contributed by atoms with van der Waals surface area (Å²) < 4.78 is 12.3. The quantitative estimate of drug-likeness (QED) is 0.0613. The second-order valence-corrected chi connectivity index (χ2v) is 14.9. The van der Waals surface area contributed by atoms with Gasteiger partial charge in [0.15, 0.2) is 11.6 Å². The molecule has 0 aliphatic heterocycles. The third kappa shape index (κ3) is 15.7. The van der Waals surface area contributed by atoms with E-state index in [9.17, 15) is 9.59 Å². The Morgan fingerprint density at radius 3 is 0.900 bits per heavy atom. The molecular formula is C46H72O4. The summed E-state index contributed by atoms with van der Waals surface area (Å²) in [6.07, 6.45) is 36.7. The summed E-state index contributed by atoms with van der Waals surface area (Å²) in [4.78, 5) is 27.4. The summed E-state index contributed by atoms with van der Waals surface area (Å²) in [6, 6.07) is 10.8. The number of rotatable bonds is 32. The monoisotopic (exact) mass is 689 g/mol. The SMILES string of the molecule is CCCCCCCCCCCCCCCCOc1cccc2c1C(=O)c1cccc(OCCCCCCCCCCCCCCCC)c1C2=O. The second-order valence-electron chi connectivity index (χ2n) is 14.9. The molecule has 0 aromatic heterocycles.